The van der Waals surface area contributed by atoms with Crippen LogP contribution in [-0.2, 0) is 20.7 Å². The zero-order valence-corrected chi connectivity index (χ0v) is 13.0. The molecule has 132 valence electrons. The smallest absolute Gasteiger partial charge is 0.406 e. The summed E-state index contributed by atoms with van der Waals surface area (Å²) in [5, 5.41) is 0. The van der Waals surface area contributed by atoms with Crippen LogP contribution in [0.15, 0.2) is 24.3 Å². The fourth-order valence-corrected chi connectivity index (χ4v) is 2.98. The number of alkyl halides is 3. The molecular weight excluding hydrogens is 327 g/mol. The third kappa shape index (κ3) is 4.18. The molecule has 2 aliphatic rings. The Balaban J connectivity index is 1.52. The Labute approximate surface area is 137 Å². The fraction of sp³-hybridized carbons (Fsp3) is 0.562. The van der Waals surface area contributed by atoms with Crippen molar-refractivity contribution in [1.82, 2.24) is 4.90 Å². The van der Waals surface area contributed by atoms with Crippen LogP contribution in [0.5, 0.6) is 5.75 Å². The summed E-state index contributed by atoms with van der Waals surface area (Å²) < 4.78 is 51.4. The van der Waals surface area contributed by atoms with Crippen LogP contribution in [0, 0.1) is 0 Å². The molecule has 0 radical (unpaired) electrons. The Bertz CT molecular complexity index is 572. The lowest BCUT2D eigenvalue weighted by atomic mass is 10.0. The molecule has 1 aromatic carbocycles. The molecule has 1 amide bonds. The molecule has 0 aromatic heterocycles. The van der Waals surface area contributed by atoms with E-state index in [0.29, 0.717) is 44.7 Å². The second-order valence-corrected chi connectivity index (χ2v) is 5.86. The first-order chi connectivity index (χ1) is 11.4. The van der Waals surface area contributed by atoms with Crippen molar-refractivity contribution in [3.05, 3.63) is 29.8 Å². The van der Waals surface area contributed by atoms with Gasteiger partial charge < -0.3 is 19.1 Å². The number of carbonyl (C=O) groups is 1. The summed E-state index contributed by atoms with van der Waals surface area (Å²) in [6.45, 7) is 2.27. The minimum absolute atomic E-state index is 0.0627. The van der Waals surface area contributed by atoms with E-state index in [4.69, 9.17) is 9.47 Å². The Morgan fingerprint density at radius 2 is 1.71 bits per heavy atom. The molecule has 2 heterocycles. The predicted octanol–water partition coefficient (Wildman–Crippen LogP) is 2.49. The topological polar surface area (TPSA) is 48.0 Å². The summed E-state index contributed by atoms with van der Waals surface area (Å²) >= 11 is 0. The van der Waals surface area contributed by atoms with Crippen LogP contribution < -0.4 is 4.74 Å². The van der Waals surface area contributed by atoms with E-state index in [9.17, 15) is 18.0 Å². The van der Waals surface area contributed by atoms with Crippen molar-refractivity contribution in [2.75, 3.05) is 26.3 Å². The van der Waals surface area contributed by atoms with Gasteiger partial charge in [0.2, 0.25) is 5.91 Å². The van der Waals surface area contributed by atoms with Crippen molar-refractivity contribution in [3.63, 3.8) is 0 Å². The van der Waals surface area contributed by atoms with Gasteiger partial charge in [0.1, 0.15) is 5.75 Å². The molecule has 8 heteroatoms. The molecule has 0 aliphatic carbocycles. The van der Waals surface area contributed by atoms with Crippen LogP contribution in [0.3, 0.4) is 0 Å². The molecule has 2 saturated heterocycles. The van der Waals surface area contributed by atoms with Crippen LogP contribution in [0.1, 0.15) is 18.4 Å². The second-order valence-electron chi connectivity index (χ2n) is 5.86. The fourth-order valence-electron chi connectivity index (χ4n) is 2.98. The SMILES string of the molecule is O=C(Cc1ccc(OC(F)(F)F)cc1)N1CCC2(CC1)OCCO2. The number of hydrogen-bond donors (Lipinski definition) is 0. The highest BCUT2D eigenvalue weighted by Gasteiger charge is 2.40. The number of nitrogens with zero attached hydrogens (tertiary/aromatic N) is 1. The van der Waals surface area contributed by atoms with Gasteiger partial charge in [-0.1, -0.05) is 12.1 Å². The zero-order chi connectivity index (χ0) is 17.2. The van der Waals surface area contributed by atoms with E-state index in [-0.39, 0.29) is 18.1 Å². The van der Waals surface area contributed by atoms with Gasteiger partial charge in [-0.15, -0.1) is 13.2 Å². The Morgan fingerprint density at radius 3 is 2.25 bits per heavy atom. The van der Waals surface area contributed by atoms with Gasteiger partial charge in [-0.3, -0.25) is 4.79 Å². The summed E-state index contributed by atoms with van der Waals surface area (Å²) in [5.74, 6) is -0.894. The van der Waals surface area contributed by atoms with Gasteiger partial charge in [0, 0.05) is 25.9 Å². The lowest BCUT2D eigenvalue weighted by Crippen LogP contribution is -2.47. The molecule has 3 rings (SSSR count). The number of carbonyl (C=O) groups excluding carboxylic acids is 1. The largest absolute Gasteiger partial charge is 0.573 e. The Hall–Kier alpha value is -1.80. The number of halogens is 3. The van der Waals surface area contributed by atoms with Crippen molar-refractivity contribution in [1.29, 1.82) is 0 Å². The number of rotatable bonds is 3. The molecule has 2 fully saturated rings. The molecule has 0 atom stereocenters. The van der Waals surface area contributed by atoms with Gasteiger partial charge in [0.25, 0.3) is 0 Å². The van der Waals surface area contributed by atoms with Crippen LogP contribution >= 0.6 is 0 Å². The third-order valence-electron chi connectivity index (χ3n) is 4.20. The van der Waals surface area contributed by atoms with Crippen LogP contribution in [0.25, 0.3) is 0 Å². The first-order valence-electron chi connectivity index (χ1n) is 7.76. The van der Waals surface area contributed by atoms with Crippen LogP contribution in [0.4, 0.5) is 13.2 Å². The molecule has 5 nitrogen and oxygen atoms in total. The predicted molar refractivity (Wildman–Crippen MR) is 77.3 cm³/mol. The van der Waals surface area contributed by atoms with Crippen LogP contribution in [-0.4, -0.2) is 49.3 Å². The van der Waals surface area contributed by atoms with Gasteiger partial charge in [-0.25, -0.2) is 0 Å². The molecule has 2 aliphatic heterocycles. The van der Waals surface area contributed by atoms with Crippen molar-refractivity contribution in [2.45, 2.75) is 31.4 Å². The second kappa shape index (κ2) is 6.60. The van der Waals surface area contributed by atoms with Gasteiger partial charge >= 0.3 is 6.36 Å². The van der Waals surface area contributed by atoms with Crippen molar-refractivity contribution in [3.8, 4) is 5.75 Å². The average Bonchev–Trinajstić information content (AvgIpc) is 2.97. The van der Waals surface area contributed by atoms with Gasteiger partial charge in [0.15, 0.2) is 5.79 Å². The highest BCUT2D eigenvalue weighted by molar-refractivity contribution is 5.78. The van der Waals surface area contributed by atoms with Crippen LogP contribution in [0.2, 0.25) is 0 Å². The maximum absolute atomic E-state index is 12.3. The van der Waals surface area contributed by atoms with E-state index >= 15 is 0 Å². The Kier molecular flexibility index (Phi) is 4.69. The Morgan fingerprint density at radius 1 is 1.12 bits per heavy atom. The lowest BCUT2D eigenvalue weighted by molar-refractivity contribution is -0.274. The van der Waals surface area contributed by atoms with Gasteiger partial charge in [-0.2, -0.15) is 0 Å². The summed E-state index contributed by atoms with van der Waals surface area (Å²) in [6.07, 6.45) is -3.30. The van der Waals surface area contributed by atoms with E-state index < -0.39 is 12.1 Å². The molecule has 0 saturated carbocycles. The maximum atomic E-state index is 12.3. The minimum atomic E-state index is -4.72. The summed E-state index contributed by atoms with van der Waals surface area (Å²) in [4.78, 5) is 14.1. The summed E-state index contributed by atoms with van der Waals surface area (Å²) in [6, 6.07) is 5.35. The van der Waals surface area contributed by atoms with Crippen molar-refractivity contribution >= 4 is 5.91 Å². The van der Waals surface area contributed by atoms with Crippen molar-refractivity contribution < 1.29 is 32.2 Å². The van der Waals surface area contributed by atoms with E-state index in [1.165, 1.54) is 24.3 Å². The first-order valence-corrected chi connectivity index (χ1v) is 7.76. The molecule has 24 heavy (non-hydrogen) atoms. The average molecular weight is 345 g/mol. The monoisotopic (exact) mass is 345 g/mol. The number of piperidine rings is 1. The summed E-state index contributed by atoms with van der Waals surface area (Å²) in [7, 11) is 0. The van der Waals surface area contributed by atoms with E-state index in [1.54, 1.807) is 4.90 Å². The molecule has 0 N–H and O–H groups in total. The molecule has 1 spiro atoms. The molecule has 0 bridgehead atoms. The lowest BCUT2D eigenvalue weighted by Gasteiger charge is -2.37. The normalized spacial score (nSPS) is 20.4. The van der Waals surface area contributed by atoms with E-state index in [0.717, 1.165) is 0 Å². The standard InChI is InChI=1S/C16H18F3NO4/c17-16(18,19)24-13-3-1-12(2-4-13)11-14(21)20-7-5-15(6-8-20)22-9-10-23-15/h1-4H,5-11H2. The van der Waals surface area contributed by atoms with Gasteiger partial charge in [0.05, 0.1) is 19.6 Å². The quantitative estimate of drug-likeness (QED) is 0.845. The van der Waals surface area contributed by atoms with Crippen molar-refractivity contribution in [2.24, 2.45) is 0 Å². The summed E-state index contributed by atoms with van der Waals surface area (Å²) in [5.41, 5.74) is 0.642. The number of likely N-dealkylation sites (tertiary alicyclic amines) is 1. The first kappa shape index (κ1) is 17.0. The number of benzene rings is 1. The number of ether oxygens (including phenoxy) is 3. The van der Waals surface area contributed by atoms with Gasteiger partial charge in [-0.05, 0) is 17.7 Å². The third-order valence-corrected chi connectivity index (χ3v) is 4.20. The molecule has 1 aromatic rings. The van der Waals surface area contributed by atoms with E-state index in [1.807, 2.05) is 0 Å². The highest BCUT2D eigenvalue weighted by Crippen LogP contribution is 2.31. The number of hydrogen-bond acceptors (Lipinski definition) is 4. The molecule has 0 unspecified atom stereocenters. The number of amides is 1. The minimum Gasteiger partial charge on any atom is -0.406 e. The van der Waals surface area contributed by atoms with E-state index in [2.05, 4.69) is 4.74 Å². The zero-order valence-electron chi connectivity index (χ0n) is 13.0. The highest BCUT2D eigenvalue weighted by atomic mass is 19.4. The maximum Gasteiger partial charge on any atom is 0.573 e. The molecular formula is C16H18F3NO4.